The number of dihydropyridines is 1. The fourth-order valence-electron chi connectivity index (χ4n) is 4.86. The summed E-state index contributed by atoms with van der Waals surface area (Å²) in [6, 6.07) is 14.7. The number of benzene rings is 2. The number of hydrogen-bond donors (Lipinski definition) is 1. The Morgan fingerprint density at radius 3 is 2.26 bits per heavy atom. The summed E-state index contributed by atoms with van der Waals surface area (Å²) in [7, 11) is 1.16. The van der Waals surface area contributed by atoms with Gasteiger partial charge in [0.2, 0.25) is 0 Å². The van der Waals surface area contributed by atoms with Crippen molar-refractivity contribution in [1.82, 2.24) is 5.32 Å². The lowest BCUT2D eigenvalue weighted by atomic mass is 9.77. The highest BCUT2D eigenvalue weighted by molar-refractivity contribution is 6.00. The molecule has 1 fully saturated rings. The van der Waals surface area contributed by atoms with Crippen LogP contribution < -0.4 is 5.32 Å². The maximum atomic E-state index is 14.1. The molecule has 2 aromatic rings. The van der Waals surface area contributed by atoms with Crippen molar-refractivity contribution in [2.45, 2.75) is 38.3 Å². The molecular formula is C27H26F3NO4. The molecule has 1 unspecified atom stereocenters. The van der Waals surface area contributed by atoms with Gasteiger partial charge in [-0.2, -0.15) is 13.2 Å². The number of nitrogens with one attached hydrogen (secondary N) is 1. The van der Waals surface area contributed by atoms with Gasteiger partial charge in [-0.1, -0.05) is 48.5 Å². The van der Waals surface area contributed by atoms with Crippen molar-refractivity contribution in [3.8, 4) is 0 Å². The Kier molecular flexibility index (Phi) is 6.74. The van der Waals surface area contributed by atoms with Gasteiger partial charge in [0, 0.05) is 17.3 Å². The number of carbonyl (C=O) groups is 2. The van der Waals surface area contributed by atoms with E-state index in [-0.39, 0.29) is 35.2 Å². The van der Waals surface area contributed by atoms with E-state index in [4.69, 9.17) is 9.47 Å². The van der Waals surface area contributed by atoms with E-state index in [1.54, 1.807) is 13.8 Å². The van der Waals surface area contributed by atoms with E-state index in [0.717, 1.165) is 18.7 Å². The number of halogens is 3. The number of alkyl halides is 3. The Labute approximate surface area is 201 Å². The first-order valence-corrected chi connectivity index (χ1v) is 11.4. The van der Waals surface area contributed by atoms with Crippen LogP contribution in [0, 0.1) is 5.92 Å². The standard InChI is InChI=1S/C27H26F3NO4/c1-4-35-26(33)23-22(17-12-8-9-13-20(17)27(28,29)30)21(25(32)34-3)15(2)31-24(23)19-14-18(19)16-10-6-5-7-11-16/h5-13,18-19,22,31H,4,14H2,1-3H3/t18-,19+,22?/m0/s1. The smallest absolute Gasteiger partial charge is 0.416 e. The third-order valence-electron chi connectivity index (χ3n) is 6.46. The molecule has 8 heteroatoms. The number of ether oxygens (including phenoxy) is 2. The summed E-state index contributed by atoms with van der Waals surface area (Å²) in [5.41, 5.74) is 0.759. The van der Waals surface area contributed by atoms with Gasteiger partial charge in [0.1, 0.15) is 0 Å². The van der Waals surface area contributed by atoms with Gasteiger partial charge in [-0.25, -0.2) is 9.59 Å². The number of allylic oxidation sites excluding steroid dienone is 2. The second kappa shape index (κ2) is 9.60. The molecule has 1 aliphatic carbocycles. The Bertz CT molecular complexity index is 1200. The van der Waals surface area contributed by atoms with E-state index in [1.165, 1.54) is 18.2 Å². The highest BCUT2D eigenvalue weighted by Gasteiger charge is 2.49. The quantitative estimate of drug-likeness (QED) is 0.551. The predicted octanol–water partition coefficient (Wildman–Crippen LogP) is 5.46. The van der Waals surface area contributed by atoms with Gasteiger partial charge in [-0.05, 0) is 43.4 Å². The molecule has 5 nitrogen and oxygen atoms in total. The van der Waals surface area contributed by atoms with Crippen molar-refractivity contribution in [1.29, 1.82) is 0 Å². The van der Waals surface area contributed by atoms with Gasteiger partial charge in [0.05, 0.1) is 36.3 Å². The minimum Gasteiger partial charge on any atom is -0.466 e. The second-order valence-corrected chi connectivity index (χ2v) is 8.58. The van der Waals surface area contributed by atoms with Crippen molar-refractivity contribution < 1.29 is 32.2 Å². The molecule has 1 saturated carbocycles. The summed E-state index contributed by atoms with van der Waals surface area (Å²) in [4.78, 5) is 26.2. The molecule has 0 aromatic heterocycles. The SMILES string of the molecule is CCOC(=O)C1=C([C@@H]2C[C@H]2c2ccccc2)NC(C)=C(C(=O)OC)C1c1ccccc1C(F)(F)F. The number of carbonyl (C=O) groups excluding carboxylic acids is 2. The van der Waals surface area contributed by atoms with Crippen LogP contribution in [0.1, 0.15) is 48.8 Å². The van der Waals surface area contributed by atoms with E-state index in [0.29, 0.717) is 17.8 Å². The normalized spacial score (nSPS) is 21.9. The average molecular weight is 486 g/mol. The fraction of sp³-hybridized carbons (Fsp3) is 0.333. The zero-order valence-corrected chi connectivity index (χ0v) is 19.6. The predicted molar refractivity (Wildman–Crippen MR) is 123 cm³/mol. The van der Waals surface area contributed by atoms with Crippen LogP contribution in [0.3, 0.4) is 0 Å². The topological polar surface area (TPSA) is 64.6 Å². The van der Waals surface area contributed by atoms with Gasteiger partial charge >= 0.3 is 18.1 Å². The lowest BCUT2D eigenvalue weighted by Crippen LogP contribution is -2.34. The molecule has 0 bridgehead atoms. The molecule has 184 valence electrons. The lowest BCUT2D eigenvalue weighted by molar-refractivity contribution is -0.141. The largest absolute Gasteiger partial charge is 0.466 e. The van der Waals surface area contributed by atoms with Gasteiger partial charge in [-0.3, -0.25) is 0 Å². The Morgan fingerprint density at radius 1 is 0.971 bits per heavy atom. The minimum atomic E-state index is -4.69. The summed E-state index contributed by atoms with van der Waals surface area (Å²) in [5, 5.41) is 3.17. The van der Waals surface area contributed by atoms with Crippen LogP contribution in [0.15, 0.2) is 77.1 Å². The van der Waals surface area contributed by atoms with E-state index < -0.39 is 29.6 Å². The van der Waals surface area contributed by atoms with Crippen LogP contribution in [-0.4, -0.2) is 25.7 Å². The van der Waals surface area contributed by atoms with Crippen molar-refractivity contribution in [2.24, 2.45) is 5.92 Å². The lowest BCUT2D eigenvalue weighted by Gasteiger charge is -2.33. The molecule has 4 rings (SSSR count). The molecule has 3 atom stereocenters. The first kappa shape index (κ1) is 24.6. The highest BCUT2D eigenvalue weighted by atomic mass is 19.4. The molecule has 2 aromatic carbocycles. The van der Waals surface area contributed by atoms with Gasteiger partial charge < -0.3 is 14.8 Å². The zero-order valence-electron chi connectivity index (χ0n) is 19.6. The van der Waals surface area contributed by atoms with E-state index in [2.05, 4.69) is 5.32 Å². The summed E-state index contributed by atoms with van der Waals surface area (Å²) in [5.74, 6) is -2.91. The maximum Gasteiger partial charge on any atom is 0.416 e. The van der Waals surface area contributed by atoms with E-state index >= 15 is 0 Å². The number of methoxy groups -OCH3 is 1. The van der Waals surface area contributed by atoms with Crippen molar-refractivity contribution in [3.05, 3.63) is 93.8 Å². The third kappa shape index (κ3) is 4.70. The minimum absolute atomic E-state index is 0.0120. The van der Waals surface area contributed by atoms with Crippen LogP contribution in [-0.2, 0) is 25.2 Å². The van der Waals surface area contributed by atoms with Crippen LogP contribution in [0.4, 0.5) is 13.2 Å². The summed E-state index contributed by atoms with van der Waals surface area (Å²) in [6.07, 6.45) is -3.98. The molecule has 1 heterocycles. The number of hydrogen-bond acceptors (Lipinski definition) is 5. The average Bonchev–Trinajstić information content (AvgIpc) is 3.64. The molecule has 35 heavy (non-hydrogen) atoms. The van der Waals surface area contributed by atoms with Gasteiger partial charge in [0.15, 0.2) is 0 Å². The molecule has 0 saturated heterocycles. The Hall–Kier alpha value is -3.55. The summed E-state index contributed by atoms with van der Waals surface area (Å²) in [6.45, 7) is 3.27. The zero-order chi connectivity index (χ0) is 25.3. The maximum absolute atomic E-state index is 14.1. The number of esters is 2. The van der Waals surface area contributed by atoms with Gasteiger partial charge in [0.25, 0.3) is 0 Å². The summed E-state index contributed by atoms with van der Waals surface area (Å²) < 4.78 is 52.4. The van der Waals surface area contributed by atoms with Crippen molar-refractivity contribution >= 4 is 11.9 Å². The Balaban J connectivity index is 1.93. The van der Waals surface area contributed by atoms with E-state index in [9.17, 15) is 22.8 Å². The number of rotatable bonds is 6. The second-order valence-electron chi connectivity index (χ2n) is 8.58. The van der Waals surface area contributed by atoms with Crippen LogP contribution in [0.2, 0.25) is 0 Å². The van der Waals surface area contributed by atoms with Crippen LogP contribution in [0.25, 0.3) is 0 Å². The first-order valence-electron chi connectivity index (χ1n) is 11.4. The van der Waals surface area contributed by atoms with Crippen molar-refractivity contribution in [3.63, 3.8) is 0 Å². The molecule has 0 radical (unpaired) electrons. The van der Waals surface area contributed by atoms with Crippen LogP contribution >= 0.6 is 0 Å². The van der Waals surface area contributed by atoms with E-state index in [1.807, 2.05) is 30.3 Å². The molecule has 0 spiro atoms. The fourth-order valence-corrected chi connectivity index (χ4v) is 4.86. The summed E-state index contributed by atoms with van der Waals surface area (Å²) >= 11 is 0. The Morgan fingerprint density at radius 2 is 1.63 bits per heavy atom. The third-order valence-corrected chi connectivity index (χ3v) is 6.46. The molecule has 1 N–H and O–H groups in total. The van der Waals surface area contributed by atoms with Gasteiger partial charge in [-0.15, -0.1) is 0 Å². The monoisotopic (exact) mass is 485 g/mol. The molecule has 1 aliphatic heterocycles. The first-order chi connectivity index (χ1) is 16.7. The molecule has 0 amide bonds. The molecule has 2 aliphatic rings. The van der Waals surface area contributed by atoms with Crippen LogP contribution in [0.5, 0.6) is 0 Å². The van der Waals surface area contributed by atoms with Crippen molar-refractivity contribution in [2.75, 3.05) is 13.7 Å². The highest BCUT2D eigenvalue weighted by Crippen LogP contribution is 2.55. The molecular weight excluding hydrogens is 459 g/mol.